The molecule has 3 rings (SSSR count). The summed E-state index contributed by atoms with van der Waals surface area (Å²) in [6.45, 7) is 6.33. The molecule has 114 valence electrons. The molecule has 22 heavy (non-hydrogen) atoms. The van der Waals surface area contributed by atoms with Crippen molar-refractivity contribution in [2.45, 2.75) is 27.2 Å². The van der Waals surface area contributed by atoms with Crippen molar-refractivity contribution >= 4 is 33.1 Å². The van der Waals surface area contributed by atoms with Crippen LogP contribution >= 0.6 is 11.3 Å². The lowest BCUT2D eigenvalue weighted by Gasteiger charge is -2.10. The third-order valence-electron chi connectivity index (χ3n) is 3.72. The average molecular weight is 313 g/mol. The highest BCUT2D eigenvalue weighted by Gasteiger charge is 2.14. The number of anilines is 2. The van der Waals surface area contributed by atoms with Crippen molar-refractivity contribution < 1.29 is 4.74 Å². The maximum Gasteiger partial charge on any atom is 0.143 e. The summed E-state index contributed by atoms with van der Waals surface area (Å²) in [6.07, 6.45) is 0.818. The van der Waals surface area contributed by atoms with Gasteiger partial charge in [0.15, 0.2) is 0 Å². The molecular formula is C17H19N3OS. The highest BCUT2D eigenvalue weighted by Crippen LogP contribution is 2.34. The molecule has 0 atom stereocenters. The van der Waals surface area contributed by atoms with Crippen LogP contribution in [0.1, 0.15) is 23.2 Å². The van der Waals surface area contributed by atoms with Gasteiger partial charge in [0.2, 0.25) is 0 Å². The molecule has 0 amide bonds. The summed E-state index contributed by atoms with van der Waals surface area (Å²) in [5.74, 6) is 2.56. The van der Waals surface area contributed by atoms with Gasteiger partial charge in [0.05, 0.1) is 12.5 Å². The van der Waals surface area contributed by atoms with Crippen LogP contribution in [-0.4, -0.2) is 17.1 Å². The zero-order valence-electron chi connectivity index (χ0n) is 13.2. The Morgan fingerprint density at radius 1 is 1.23 bits per heavy atom. The van der Waals surface area contributed by atoms with Crippen LogP contribution in [0.5, 0.6) is 5.75 Å². The summed E-state index contributed by atoms with van der Waals surface area (Å²) in [5, 5.41) is 4.54. The second-order valence-electron chi connectivity index (χ2n) is 5.16. The molecule has 0 bridgehead atoms. The highest BCUT2D eigenvalue weighted by molar-refractivity contribution is 7.18. The highest BCUT2D eigenvalue weighted by atomic mass is 32.1. The van der Waals surface area contributed by atoms with Gasteiger partial charge >= 0.3 is 0 Å². The number of fused-ring (bicyclic) bond motifs is 1. The van der Waals surface area contributed by atoms with Crippen molar-refractivity contribution in [3.05, 3.63) is 40.5 Å². The van der Waals surface area contributed by atoms with Crippen molar-refractivity contribution in [2.75, 3.05) is 12.4 Å². The molecule has 0 spiro atoms. The topological polar surface area (TPSA) is 47.0 Å². The molecule has 0 radical (unpaired) electrons. The SMILES string of the molecule is CCc1nc(Nc2cccc(OC)c2)c2c(C)c(C)sc2n1. The predicted octanol–water partition coefficient (Wildman–Crippen LogP) is 4.62. The normalized spacial score (nSPS) is 10.9. The van der Waals surface area contributed by atoms with Gasteiger partial charge in [-0.3, -0.25) is 0 Å². The minimum atomic E-state index is 0.818. The van der Waals surface area contributed by atoms with E-state index in [1.807, 2.05) is 24.3 Å². The molecule has 0 saturated carbocycles. The van der Waals surface area contributed by atoms with Crippen LogP contribution < -0.4 is 10.1 Å². The smallest absolute Gasteiger partial charge is 0.143 e. The molecule has 0 aliphatic heterocycles. The summed E-state index contributed by atoms with van der Waals surface area (Å²) in [4.78, 5) is 11.7. The van der Waals surface area contributed by atoms with Gasteiger partial charge in [-0.25, -0.2) is 9.97 Å². The Morgan fingerprint density at radius 3 is 2.77 bits per heavy atom. The van der Waals surface area contributed by atoms with Gasteiger partial charge in [0, 0.05) is 23.1 Å². The Labute approximate surface area is 134 Å². The van der Waals surface area contributed by atoms with Gasteiger partial charge in [0.1, 0.15) is 22.2 Å². The molecule has 4 nitrogen and oxygen atoms in total. The van der Waals surface area contributed by atoms with Crippen LogP contribution in [0.4, 0.5) is 11.5 Å². The summed E-state index contributed by atoms with van der Waals surface area (Å²) < 4.78 is 5.28. The number of thiophene rings is 1. The molecule has 2 heterocycles. The third-order valence-corrected chi connectivity index (χ3v) is 4.82. The molecule has 1 aromatic carbocycles. The Balaban J connectivity index is 2.12. The molecule has 5 heteroatoms. The molecule has 2 aromatic heterocycles. The van der Waals surface area contributed by atoms with Gasteiger partial charge in [-0.2, -0.15) is 0 Å². The van der Waals surface area contributed by atoms with E-state index in [2.05, 4.69) is 36.1 Å². The van der Waals surface area contributed by atoms with Gasteiger partial charge in [-0.15, -0.1) is 11.3 Å². The fourth-order valence-electron chi connectivity index (χ4n) is 2.38. The largest absolute Gasteiger partial charge is 0.497 e. The number of rotatable bonds is 4. The number of aromatic nitrogens is 2. The second kappa shape index (κ2) is 5.93. The monoisotopic (exact) mass is 313 g/mol. The first kappa shape index (κ1) is 14.8. The van der Waals surface area contributed by atoms with Crippen LogP contribution in [0.2, 0.25) is 0 Å². The number of nitrogens with zero attached hydrogens (tertiary/aromatic N) is 2. The van der Waals surface area contributed by atoms with Crippen LogP contribution in [0.3, 0.4) is 0 Å². The van der Waals surface area contributed by atoms with Crippen LogP contribution in [0, 0.1) is 13.8 Å². The number of nitrogens with one attached hydrogen (secondary N) is 1. The van der Waals surface area contributed by atoms with E-state index in [0.717, 1.165) is 39.7 Å². The Bertz CT molecular complexity index is 826. The summed E-state index contributed by atoms with van der Waals surface area (Å²) in [6, 6.07) is 7.87. The Kier molecular flexibility index (Phi) is 3.98. The van der Waals surface area contributed by atoms with Gasteiger partial charge in [0.25, 0.3) is 0 Å². The second-order valence-corrected chi connectivity index (χ2v) is 6.37. The number of ether oxygens (including phenoxy) is 1. The first-order valence-corrected chi connectivity index (χ1v) is 8.11. The summed E-state index contributed by atoms with van der Waals surface area (Å²) >= 11 is 1.72. The maximum absolute atomic E-state index is 5.28. The minimum Gasteiger partial charge on any atom is -0.497 e. The third kappa shape index (κ3) is 2.64. The lowest BCUT2D eigenvalue weighted by molar-refractivity contribution is 0.415. The fraction of sp³-hybridized carbons (Fsp3) is 0.294. The van der Waals surface area contributed by atoms with Crippen molar-refractivity contribution in [2.24, 2.45) is 0 Å². The Hall–Kier alpha value is -2.14. The molecule has 0 unspecified atom stereocenters. The summed E-state index contributed by atoms with van der Waals surface area (Å²) in [7, 11) is 1.67. The lowest BCUT2D eigenvalue weighted by atomic mass is 10.2. The van der Waals surface area contributed by atoms with Gasteiger partial charge < -0.3 is 10.1 Å². The number of benzene rings is 1. The van der Waals surface area contributed by atoms with E-state index in [0.29, 0.717) is 0 Å². The van der Waals surface area contributed by atoms with Gasteiger partial charge in [-0.05, 0) is 31.5 Å². The van der Waals surface area contributed by atoms with E-state index in [1.165, 1.54) is 10.4 Å². The van der Waals surface area contributed by atoms with Gasteiger partial charge in [-0.1, -0.05) is 13.0 Å². The van der Waals surface area contributed by atoms with E-state index in [4.69, 9.17) is 4.74 Å². The van der Waals surface area contributed by atoms with E-state index in [-0.39, 0.29) is 0 Å². The quantitative estimate of drug-likeness (QED) is 0.763. The zero-order chi connectivity index (χ0) is 15.7. The first-order valence-electron chi connectivity index (χ1n) is 7.30. The predicted molar refractivity (Wildman–Crippen MR) is 92.5 cm³/mol. The van der Waals surface area contributed by atoms with Crippen LogP contribution in [0.25, 0.3) is 10.2 Å². The molecule has 0 aliphatic carbocycles. The standard InChI is InChI=1S/C17H19N3OS/c1-5-14-19-16(15-10(2)11(3)22-17(15)20-14)18-12-7-6-8-13(9-12)21-4/h6-9H,5H2,1-4H3,(H,18,19,20). The van der Waals surface area contributed by atoms with Crippen molar-refractivity contribution in [3.63, 3.8) is 0 Å². The minimum absolute atomic E-state index is 0.818. The first-order chi connectivity index (χ1) is 10.6. The number of methoxy groups -OCH3 is 1. The van der Waals surface area contributed by atoms with Crippen molar-refractivity contribution in [1.29, 1.82) is 0 Å². The maximum atomic E-state index is 5.28. The van der Waals surface area contributed by atoms with E-state index in [1.54, 1.807) is 18.4 Å². The molecule has 3 aromatic rings. The number of hydrogen-bond acceptors (Lipinski definition) is 5. The Morgan fingerprint density at radius 2 is 2.05 bits per heavy atom. The molecular weight excluding hydrogens is 294 g/mol. The molecule has 0 aliphatic rings. The molecule has 1 N–H and O–H groups in total. The van der Waals surface area contributed by atoms with Crippen LogP contribution in [-0.2, 0) is 6.42 Å². The number of aryl methyl sites for hydroxylation is 3. The lowest BCUT2D eigenvalue weighted by Crippen LogP contribution is -2.00. The number of hydrogen-bond donors (Lipinski definition) is 1. The van der Waals surface area contributed by atoms with E-state index >= 15 is 0 Å². The van der Waals surface area contributed by atoms with Crippen molar-refractivity contribution in [1.82, 2.24) is 9.97 Å². The average Bonchev–Trinajstić information content (AvgIpc) is 2.82. The zero-order valence-corrected chi connectivity index (χ0v) is 14.0. The van der Waals surface area contributed by atoms with E-state index < -0.39 is 0 Å². The van der Waals surface area contributed by atoms with E-state index in [9.17, 15) is 0 Å². The molecule has 0 fully saturated rings. The summed E-state index contributed by atoms with van der Waals surface area (Å²) in [5.41, 5.74) is 2.21. The van der Waals surface area contributed by atoms with Crippen LogP contribution in [0.15, 0.2) is 24.3 Å². The van der Waals surface area contributed by atoms with Crippen molar-refractivity contribution in [3.8, 4) is 5.75 Å². The fourth-order valence-corrected chi connectivity index (χ4v) is 3.43. The molecule has 0 saturated heterocycles.